The van der Waals surface area contributed by atoms with E-state index >= 15 is 0 Å². The lowest BCUT2D eigenvalue weighted by Gasteiger charge is -1.95. The van der Waals surface area contributed by atoms with Crippen LogP contribution in [0.25, 0.3) is 11.0 Å². The van der Waals surface area contributed by atoms with Crippen molar-refractivity contribution >= 4 is 21.1 Å². The molecule has 0 radical (unpaired) electrons. The summed E-state index contributed by atoms with van der Waals surface area (Å²) in [6, 6.07) is 0. The molecule has 0 atom stereocenters. The van der Waals surface area contributed by atoms with Gasteiger partial charge in [0.15, 0.2) is 0 Å². The van der Waals surface area contributed by atoms with Gasteiger partial charge in [-0.3, -0.25) is 0 Å². The summed E-state index contributed by atoms with van der Waals surface area (Å²) in [4.78, 5) is 11.0. The Hall–Kier alpha value is -1.91. The Morgan fingerprint density at radius 3 is 3.11 bits per heavy atom. The molecular formula is C11H12N4O2S. The van der Waals surface area contributed by atoms with E-state index in [1.165, 1.54) is 6.33 Å². The third-order valence-corrected chi connectivity index (χ3v) is 2.92. The second kappa shape index (κ2) is 5.16. The molecule has 0 aliphatic rings. The monoisotopic (exact) mass is 264 g/mol. The molecule has 0 saturated carbocycles. The largest absolute Gasteiger partial charge is 0.345 e. The topological polar surface area (TPSA) is 87.7 Å². The molecule has 6 nitrogen and oxygen atoms in total. The highest BCUT2D eigenvalue weighted by atomic mass is 32.2. The maximum atomic E-state index is 10.8. The van der Waals surface area contributed by atoms with E-state index in [0.29, 0.717) is 13.0 Å². The maximum absolute atomic E-state index is 10.8. The average Bonchev–Trinajstić information content (AvgIpc) is 2.71. The second-order valence-electron chi connectivity index (χ2n) is 3.71. The standard InChI is InChI=1S/C11H12N4O2S/c1-18(16,17)15-5-3-2-4-9-6-13-11-10(9)7-12-8-14-11/h6-8,15H,3,5H2,1H3,(H,12,13,14). The molecule has 0 aromatic carbocycles. The van der Waals surface area contributed by atoms with E-state index in [2.05, 4.69) is 31.5 Å². The molecule has 0 amide bonds. The van der Waals surface area contributed by atoms with Crippen LogP contribution >= 0.6 is 0 Å². The lowest BCUT2D eigenvalue weighted by Crippen LogP contribution is -2.22. The van der Waals surface area contributed by atoms with Crippen molar-refractivity contribution in [3.63, 3.8) is 0 Å². The molecule has 0 aliphatic carbocycles. The number of aromatic amines is 1. The van der Waals surface area contributed by atoms with Gasteiger partial charge in [-0.15, -0.1) is 0 Å². The number of aromatic nitrogens is 3. The molecule has 2 rings (SSSR count). The van der Waals surface area contributed by atoms with E-state index in [4.69, 9.17) is 0 Å². The number of sulfonamides is 1. The average molecular weight is 264 g/mol. The van der Waals surface area contributed by atoms with Gasteiger partial charge in [0.2, 0.25) is 10.0 Å². The van der Waals surface area contributed by atoms with Crippen molar-refractivity contribution in [2.75, 3.05) is 12.8 Å². The lowest BCUT2D eigenvalue weighted by atomic mass is 10.2. The van der Waals surface area contributed by atoms with E-state index in [-0.39, 0.29) is 0 Å². The van der Waals surface area contributed by atoms with Crippen LogP contribution in [0.3, 0.4) is 0 Å². The lowest BCUT2D eigenvalue weighted by molar-refractivity contribution is 0.588. The highest BCUT2D eigenvalue weighted by Crippen LogP contribution is 2.12. The van der Waals surface area contributed by atoms with Crippen LogP contribution in [-0.4, -0.2) is 36.2 Å². The van der Waals surface area contributed by atoms with Crippen LogP contribution < -0.4 is 4.72 Å². The summed E-state index contributed by atoms with van der Waals surface area (Å²) in [5.74, 6) is 5.86. The SMILES string of the molecule is CS(=O)(=O)NCCC#Cc1c[nH]c2ncncc12. The number of H-pyrrole nitrogens is 1. The first-order valence-electron chi connectivity index (χ1n) is 5.27. The minimum Gasteiger partial charge on any atom is -0.345 e. The van der Waals surface area contributed by atoms with Crippen molar-refractivity contribution < 1.29 is 8.42 Å². The van der Waals surface area contributed by atoms with Crippen molar-refractivity contribution in [1.82, 2.24) is 19.7 Å². The quantitative estimate of drug-likeness (QED) is 0.614. The maximum Gasteiger partial charge on any atom is 0.208 e. The van der Waals surface area contributed by atoms with E-state index in [1.807, 2.05) is 0 Å². The Kier molecular flexibility index (Phi) is 3.60. The summed E-state index contributed by atoms with van der Waals surface area (Å²) in [7, 11) is -3.14. The summed E-state index contributed by atoms with van der Waals surface area (Å²) in [6.07, 6.45) is 6.49. The Morgan fingerprint density at radius 2 is 2.33 bits per heavy atom. The zero-order chi connectivity index (χ0) is 13.0. The minimum absolute atomic E-state index is 0.310. The number of rotatable bonds is 3. The Labute approximate surface area is 105 Å². The zero-order valence-electron chi connectivity index (χ0n) is 9.77. The van der Waals surface area contributed by atoms with E-state index in [1.54, 1.807) is 12.4 Å². The van der Waals surface area contributed by atoms with Crippen LogP contribution in [0.5, 0.6) is 0 Å². The molecule has 0 aliphatic heterocycles. The molecule has 0 spiro atoms. The molecule has 7 heteroatoms. The fourth-order valence-electron chi connectivity index (χ4n) is 1.42. The van der Waals surface area contributed by atoms with E-state index in [9.17, 15) is 8.42 Å². The Bertz CT molecular complexity index is 709. The highest BCUT2D eigenvalue weighted by molar-refractivity contribution is 7.88. The van der Waals surface area contributed by atoms with Gasteiger partial charge >= 0.3 is 0 Å². The number of nitrogens with zero attached hydrogens (tertiary/aromatic N) is 2. The van der Waals surface area contributed by atoms with Crippen LogP contribution in [0.1, 0.15) is 12.0 Å². The third-order valence-electron chi connectivity index (χ3n) is 2.19. The van der Waals surface area contributed by atoms with Gasteiger partial charge in [0.05, 0.1) is 17.2 Å². The van der Waals surface area contributed by atoms with Gasteiger partial charge in [-0.25, -0.2) is 23.1 Å². The minimum atomic E-state index is -3.14. The van der Waals surface area contributed by atoms with E-state index < -0.39 is 10.0 Å². The van der Waals surface area contributed by atoms with Crippen LogP contribution in [0.15, 0.2) is 18.7 Å². The first-order chi connectivity index (χ1) is 8.56. The molecule has 2 heterocycles. The summed E-state index contributed by atoms with van der Waals surface area (Å²) in [5.41, 5.74) is 1.55. The molecule has 2 aromatic heterocycles. The van der Waals surface area contributed by atoms with Gasteiger partial charge in [-0.2, -0.15) is 0 Å². The molecule has 0 bridgehead atoms. The number of fused-ring (bicyclic) bond motifs is 1. The Balaban J connectivity index is 2.02. The van der Waals surface area contributed by atoms with E-state index in [0.717, 1.165) is 22.9 Å². The van der Waals surface area contributed by atoms with Crippen LogP contribution in [-0.2, 0) is 10.0 Å². The summed E-state index contributed by atoms with van der Waals surface area (Å²) in [6.45, 7) is 0.310. The Morgan fingerprint density at radius 1 is 1.50 bits per heavy atom. The van der Waals surface area contributed by atoms with Gasteiger partial charge in [-0.05, 0) is 0 Å². The van der Waals surface area contributed by atoms with Gasteiger partial charge in [0.1, 0.15) is 12.0 Å². The van der Waals surface area contributed by atoms with Gasteiger partial charge in [0, 0.05) is 25.4 Å². The predicted molar refractivity (Wildman–Crippen MR) is 68.2 cm³/mol. The molecule has 0 fully saturated rings. The molecule has 2 aromatic rings. The summed E-state index contributed by atoms with van der Waals surface area (Å²) in [5, 5.41) is 0.862. The van der Waals surface area contributed by atoms with Gasteiger partial charge < -0.3 is 4.98 Å². The second-order valence-corrected chi connectivity index (χ2v) is 5.54. The van der Waals surface area contributed by atoms with Gasteiger partial charge in [-0.1, -0.05) is 11.8 Å². The van der Waals surface area contributed by atoms with Crippen molar-refractivity contribution in [1.29, 1.82) is 0 Å². The molecule has 94 valence electrons. The van der Waals surface area contributed by atoms with Crippen LogP contribution in [0.4, 0.5) is 0 Å². The summed E-state index contributed by atoms with van der Waals surface area (Å²) >= 11 is 0. The van der Waals surface area contributed by atoms with Crippen LogP contribution in [0, 0.1) is 11.8 Å². The molecule has 2 N–H and O–H groups in total. The zero-order valence-corrected chi connectivity index (χ0v) is 10.6. The summed E-state index contributed by atoms with van der Waals surface area (Å²) < 4.78 is 24.0. The van der Waals surface area contributed by atoms with Crippen molar-refractivity contribution in [3.05, 3.63) is 24.3 Å². The van der Waals surface area contributed by atoms with Crippen molar-refractivity contribution in [2.45, 2.75) is 6.42 Å². The number of hydrogen-bond acceptors (Lipinski definition) is 4. The fraction of sp³-hybridized carbons (Fsp3) is 0.273. The smallest absolute Gasteiger partial charge is 0.208 e. The third kappa shape index (κ3) is 3.29. The first-order valence-corrected chi connectivity index (χ1v) is 7.16. The predicted octanol–water partition coefficient (Wildman–Crippen LogP) is 0.249. The van der Waals surface area contributed by atoms with Crippen LogP contribution in [0.2, 0.25) is 0 Å². The first kappa shape index (κ1) is 12.5. The van der Waals surface area contributed by atoms with Gasteiger partial charge in [0.25, 0.3) is 0 Å². The molecular weight excluding hydrogens is 252 g/mol. The molecule has 18 heavy (non-hydrogen) atoms. The molecule has 0 saturated heterocycles. The van der Waals surface area contributed by atoms with Crippen molar-refractivity contribution in [2.24, 2.45) is 0 Å². The number of hydrogen-bond donors (Lipinski definition) is 2. The van der Waals surface area contributed by atoms with Crippen molar-refractivity contribution in [3.8, 4) is 11.8 Å². The molecule has 0 unspecified atom stereocenters. The fourth-order valence-corrected chi connectivity index (χ4v) is 1.89. The highest BCUT2D eigenvalue weighted by Gasteiger charge is 2.01. The number of nitrogens with one attached hydrogen (secondary N) is 2. The normalized spacial score (nSPS) is 11.2.